The Bertz CT molecular complexity index is 1540. The van der Waals surface area contributed by atoms with E-state index in [-0.39, 0.29) is 49.0 Å². The van der Waals surface area contributed by atoms with Crippen LogP contribution in [0.15, 0.2) is 11.4 Å². The van der Waals surface area contributed by atoms with Gasteiger partial charge in [0.25, 0.3) is 11.7 Å². The molecule has 4 fully saturated rings. The number of ether oxygens (including phenoxy) is 1. The topological polar surface area (TPSA) is 144 Å². The number of nitrogens with zero attached hydrogens (tertiary/aromatic N) is 5. The van der Waals surface area contributed by atoms with E-state index in [1.165, 1.54) is 4.52 Å². The fourth-order valence-electron chi connectivity index (χ4n) is 7.83. The van der Waals surface area contributed by atoms with Crippen molar-refractivity contribution in [3.63, 3.8) is 0 Å². The highest BCUT2D eigenvalue weighted by Gasteiger charge is 2.63. The summed E-state index contributed by atoms with van der Waals surface area (Å²) in [6.07, 6.45) is -1.40. The van der Waals surface area contributed by atoms with Gasteiger partial charge < -0.3 is 15.4 Å². The van der Waals surface area contributed by atoms with Gasteiger partial charge in [-0.1, -0.05) is 5.16 Å². The third-order valence-corrected chi connectivity index (χ3v) is 10.2. The molecule has 2 saturated heterocycles. The zero-order valence-electron chi connectivity index (χ0n) is 25.1. The fourth-order valence-corrected chi connectivity index (χ4v) is 7.83. The Morgan fingerprint density at radius 2 is 1.93 bits per heavy atom. The van der Waals surface area contributed by atoms with Crippen LogP contribution < -0.4 is 16.1 Å². The Morgan fingerprint density at radius 3 is 2.59 bits per heavy atom. The van der Waals surface area contributed by atoms with Gasteiger partial charge in [0.05, 0.1) is 41.3 Å². The number of rotatable bonds is 7. The number of hydrogen-bond acceptors (Lipinski definition) is 9. The first kappa shape index (κ1) is 31.1. The minimum atomic E-state index is -4.44. The van der Waals surface area contributed by atoms with E-state index in [0.29, 0.717) is 56.0 Å². The van der Waals surface area contributed by atoms with E-state index in [2.05, 4.69) is 21.3 Å². The Balaban J connectivity index is 1.21. The molecule has 0 bridgehead atoms. The molecule has 4 unspecified atom stereocenters. The van der Waals surface area contributed by atoms with Crippen molar-refractivity contribution in [3.05, 3.63) is 23.3 Å². The van der Waals surface area contributed by atoms with Crippen LogP contribution in [0.4, 0.5) is 22.0 Å². The van der Waals surface area contributed by atoms with Gasteiger partial charge in [-0.3, -0.25) is 14.5 Å². The third kappa shape index (κ3) is 5.91. The van der Waals surface area contributed by atoms with Gasteiger partial charge in [-0.25, -0.2) is 23.3 Å². The zero-order chi connectivity index (χ0) is 32.4. The molecule has 250 valence electrons. The van der Waals surface area contributed by atoms with E-state index in [0.717, 1.165) is 0 Å². The number of alkyl halides is 5. The lowest BCUT2D eigenvalue weighted by Gasteiger charge is -2.58. The first-order valence-electron chi connectivity index (χ1n) is 15.7. The number of aromatic nitrogens is 4. The van der Waals surface area contributed by atoms with Gasteiger partial charge in [-0.05, 0) is 50.4 Å². The number of piperidine rings is 1. The number of hydroxylamine groups is 1. The molecule has 1 spiro atoms. The number of carbonyl (C=O) groups is 2. The zero-order valence-corrected chi connectivity index (χ0v) is 25.1. The van der Waals surface area contributed by atoms with Crippen LogP contribution in [0.2, 0.25) is 0 Å². The molecule has 4 atom stereocenters. The summed E-state index contributed by atoms with van der Waals surface area (Å²) in [7, 11) is 0. The van der Waals surface area contributed by atoms with Crippen LogP contribution in [0.1, 0.15) is 80.9 Å². The number of halogens is 5. The molecule has 46 heavy (non-hydrogen) atoms. The number of fused-ring (bicyclic) bond motifs is 1. The molecular weight excluding hydrogens is 619 g/mol. The van der Waals surface area contributed by atoms with E-state index in [4.69, 9.17) is 24.7 Å². The molecule has 3 N–H and O–H groups in total. The molecule has 2 aromatic rings. The highest BCUT2D eigenvalue weighted by molar-refractivity contribution is 6.40. The maximum atomic E-state index is 13.8. The van der Waals surface area contributed by atoms with Gasteiger partial charge in [0.2, 0.25) is 11.8 Å². The van der Waals surface area contributed by atoms with Crippen LogP contribution in [-0.2, 0) is 25.7 Å². The summed E-state index contributed by atoms with van der Waals surface area (Å²) >= 11 is 0. The van der Waals surface area contributed by atoms with Gasteiger partial charge in [0.1, 0.15) is 0 Å². The third-order valence-electron chi connectivity index (χ3n) is 10.2. The van der Waals surface area contributed by atoms with Crippen molar-refractivity contribution in [3.8, 4) is 0 Å². The number of imidazole rings is 1. The standard InChI is InChI=1S/C29H35F5N8O4/c1-14-21(41-46-40-14)25(44)37-23(17-8-27(9-17)12-28(30,31)13-27)20-11-42-26(36-20)38-22(15-2-4-45-5-3-15)19(39-42)7-16-6-18(29(32,33)34)10-35-24(16)43/h11,14-18,23,40H,2-10,12-13H2,1H3,(H,35,43)(H,37,44). The molecule has 17 heteroatoms. The average molecular weight is 655 g/mol. The summed E-state index contributed by atoms with van der Waals surface area (Å²) < 4.78 is 75.2. The summed E-state index contributed by atoms with van der Waals surface area (Å²) in [4.78, 5) is 40.3. The minimum Gasteiger partial charge on any atom is -0.381 e. The van der Waals surface area contributed by atoms with Gasteiger partial charge in [-0.15, -0.1) is 5.48 Å². The van der Waals surface area contributed by atoms with Gasteiger partial charge in [0, 0.05) is 50.9 Å². The molecule has 0 aromatic carbocycles. The summed E-state index contributed by atoms with van der Waals surface area (Å²) in [5, 5.41) is 13.9. The Morgan fingerprint density at radius 1 is 1.20 bits per heavy atom. The smallest absolute Gasteiger partial charge is 0.381 e. The molecular formula is C29H35F5N8O4. The van der Waals surface area contributed by atoms with E-state index in [9.17, 15) is 31.5 Å². The Hall–Kier alpha value is -3.47. The summed E-state index contributed by atoms with van der Waals surface area (Å²) in [5.41, 5.74) is 3.63. The van der Waals surface area contributed by atoms with Gasteiger partial charge in [-0.2, -0.15) is 18.3 Å². The SMILES string of the molecule is CC1NON=C1C(=O)NC(c1cn2nc(CC3CC(C(F)(F)F)CNC3=O)c(C3CCOCC3)nc2n1)C1CC2(C1)CC(F)(F)C2. The first-order chi connectivity index (χ1) is 21.8. The molecule has 2 amide bonds. The second-order valence-electron chi connectivity index (χ2n) is 13.6. The van der Waals surface area contributed by atoms with E-state index >= 15 is 0 Å². The van der Waals surface area contributed by atoms with Crippen LogP contribution in [-0.4, -0.2) is 75.0 Å². The highest BCUT2D eigenvalue weighted by Crippen LogP contribution is 2.66. The lowest BCUT2D eigenvalue weighted by Crippen LogP contribution is -2.56. The van der Waals surface area contributed by atoms with Crippen molar-refractivity contribution in [2.75, 3.05) is 19.8 Å². The molecule has 2 aromatic heterocycles. The van der Waals surface area contributed by atoms with E-state index < -0.39 is 59.8 Å². The van der Waals surface area contributed by atoms with Crippen molar-refractivity contribution < 1.29 is 41.2 Å². The molecule has 0 radical (unpaired) electrons. The van der Waals surface area contributed by atoms with Crippen LogP contribution >= 0.6 is 0 Å². The number of nitrogens with one attached hydrogen (secondary N) is 3. The number of hydrogen-bond donors (Lipinski definition) is 3. The summed E-state index contributed by atoms with van der Waals surface area (Å²) in [6.45, 7) is 2.21. The monoisotopic (exact) mass is 654 g/mol. The number of oxime groups is 1. The fraction of sp³-hybridized carbons (Fsp3) is 0.724. The molecule has 5 heterocycles. The highest BCUT2D eigenvalue weighted by atomic mass is 19.4. The largest absolute Gasteiger partial charge is 0.393 e. The second-order valence-corrected chi connectivity index (χ2v) is 13.6. The maximum absolute atomic E-state index is 13.8. The molecule has 7 rings (SSSR count). The lowest BCUT2D eigenvalue weighted by molar-refractivity contribution is -0.210. The van der Waals surface area contributed by atoms with E-state index in [1.54, 1.807) is 13.1 Å². The van der Waals surface area contributed by atoms with Gasteiger partial charge in [0.15, 0.2) is 5.71 Å². The van der Waals surface area contributed by atoms with Crippen LogP contribution in [0, 0.1) is 23.2 Å². The average Bonchev–Trinajstić information content (AvgIpc) is 3.59. The number of amides is 2. The normalized spacial score (nSPS) is 28.6. The molecule has 3 aliphatic heterocycles. The molecule has 2 aliphatic carbocycles. The van der Waals surface area contributed by atoms with E-state index in [1.807, 2.05) is 0 Å². The summed E-state index contributed by atoms with van der Waals surface area (Å²) in [6, 6.07) is -1.14. The Kier molecular flexibility index (Phi) is 7.68. The lowest BCUT2D eigenvalue weighted by atomic mass is 9.49. The predicted octanol–water partition coefficient (Wildman–Crippen LogP) is 3.14. The number of carbonyl (C=O) groups excluding carboxylic acids is 2. The van der Waals surface area contributed by atoms with Crippen molar-refractivity contribution in [2.45, 2.75) is 88.4 Å². The summed E-state index contributed by atoms with van der Waals surface area (Å²) in [5.74, 6) is -6.29. The molecule has 2 saturated carbocycles. The van der Waals surface area contributed by atoms with Crippen molar-refractivity contribution in [2.24, 2.45) is 28.3 Å². The minimum absolute atomic E-state index is 0.0359. The van der Waals surface area contributed by atoms with Crippen LogP contribution in [0.5, 0.6) is 0 Å². The predicted molar refractivity (Wildman–Crippen MR) is 149 cm³/mol. The van der Waals surface area contributed by atoms with Crippen LogP contribution in [0.25, 0.3) is 5.78 Å². The molecule has 12 nitrogen and oxygen atoms in total. The van der Waals surface area contributed by atoms with Crippen molar-refractivity contribution in [1.82, 2.24) is 35.7 Å². The molecule has 5 aliphatic rings. The second kappa shape index (κ2) is 11.3. The van der Waals surface area contributed by atoms with Crippen molar-refractivity contribution in [1.29, 1.82) is 0 Å². The Labute approximate surface area is 260 Å². The quantitative estimate of drug-likeness (QED) is 0.387. The van der Waals surface area contributed by atoms with Crippen LogP contribution in [0.3, 0.4) is 0 Å². The van der Waals surface area contributed by atoms with Crippen molar-refractivity contribution >= 4 is 23.3 Å². The maximum Gasteiger partial charge on any atom is 0.393 e. The van der Waals surface area contributed by atoms with Gasteiger partial charge >= 0.3 is 6.18 Å². The first-order valence-corrected chi connectivity index (χ1v) is 15.7.